The molecule has 1 fully saturated rings. The highest BCUT2D eigenvalue weighted by atomic mass is 15.1. The fourth-order valence-electron chi connectivity index (χ4n) is 2.63. The van der Waals surface area contributed by atoms with Gasteiger partial charge in [0.2, 0.25) is 0 Å². The average molecular weight is 242 g/mol. The second kappa shape index (κ2) is 5.02. The van der Waals surface area contributed by atoms with E-state index in [9.17, 15) is 5.26 Å². The van der Waals surface area contributed by atoms with Crippen LogP contribution < -0.4 is 4.90 Å². The molecular weight excluding hydrogens is 220 g/mol. The number of hydrogen-bond donors (Lipinski definition) is 0. The van der Waals surface area contributed by atoms with Gasteiger partial charge in [-0.2, -0.15) is 5.26 Å². The lowest BCUT2D eigenvalue weighted by Gasteiger charge is -2.30. The van der Waals surface area contributed by atoms with Crippen molar-refractivity contribution in [2.45, 2.75) is 45.4 Å². The van der Waals surface area contributed by atoms with E-state index >= 15 is 0 Å². The Balaban J connectivity index is 2.33. The molecule has 0 atom stereocenters. The average Bonchev–Trinajstić information content (AvgIpc) is 2.38. The molecule has 0 unspecified atom stereocenters. The molecule has 0 bridgehead atoms. The lowest BCUT2D eigenvalue weighted by molar-refractivity contribution is 0.575. The first kappa shape index (κ1) is 13.0. The summed E-state index contributed by atoms with van der Waals surface area (Å²) < 4.78 is 0. The van der Waals surface area contributed by atoms with Crippen LogP contribution in [0.5, 0.6) is 0 Å². The molecule has 1 aromatic carbocycles. The van der Waals surface area contributed by atoms with Crippen LogP contribution in [-0.2, 0) is 5.41 Å². The Morgan fingerprint density at radius 1 is 1.11 bits per heavy atom. The molecule has 0 spiro atoms. The van der Waals surface area contributed by atoms with Gasteiger partial charge in [-0.3, -0.25) is 0 Å². The zero-order chi connectivity index (χ0) is 13.2. The molecule has 18 heavy (non-hydrogen) atoms. The highest BCUT2D eigenvalue weighted by molar-refractivity contribution is 5.56. The third-order valence-electron chi connectivity index (χ3n) is 3.65. The van der Waals surface area contributed by atoms with Gasteiger partial charge in [0.05, 0.1) is 11.6 Å². The van der Waals surface area contributed by atoms with Gasteiger partial charge in [0.1, 0.15) is 0 Å². The summed E-state index contributed by atoms with van der Waals surface area (Å²) in [6.07, 6.45) is 3.87. The quantitative estimate of drug-likeness (QED) is 0.748. The van der Waals surface area contributed by atoms with E-state index in [1.807, 2.05) is 0 Å². The molecule has 1 aromatic rings. The van der Waals surface area contributed by atoms with Crippen molar-refractivity contribution in [3.05, 3.63) is 29.3 Å². The predicted octanol–water partition coefficient (Wildman–Crippen LogP) is 3.85. The van der Waals surface area contributed by atoms with E-state index < -0.39 is 0 Å². The molecule has 0 N–H and O–H groups in total. The standard InChI is InChI=1S/C16H22N2/c1-16(2,3)15-8-7-14(11-13(15)12-17)18-9-5-4-6-10-18/h7-8,11H,4-6,9-10H2,1-3H3. The molecule has 1 aliphatic rings. The minimum absolute atomic E-state index is 0.0332. The molecule has 0 radical (unpaired) electrons. The van der Waals surface area contributed by atoms with E-state index in [-0.39, 0.29) is 5.41 Å². The van der Waals surface area contributed by atoms with Crippen LogP contribution in [-0.4, -0.2) is 13.1 Å². The highest BCUT2D eigenvalue weighted by Crippen LogP contribution is 2.29. The van der Waals surface area contributed by atoms with E-state index in [0.717, 1.165) is 24.2 Å². The number of benzene rings is 1. The summed E-state index contributed by atoms with van der Waals surface area (Å²) >= 11 is 0. The van der Waals surface area contributed by atoms with Gasteiger partial charge in [-0.1, -0.05) is 26.8 Å². The van der Waals surface area contributed by atoms with E-state index in [1.165, 1.54) is 24.9 Å². The smallest absolute Gasteiger partial charge is 0.0995 e. The maximum atomic E-state index is 9.34. The summed E-state index contributed by atoms with van der Waals surface area (Å²) in [6, 6.07) is 8.72. The first-order valence-corrected chi connectivity index (χ1v) is 6.82. The van der Waals surface area contributed by atoms with Crippen molar-refractivity contribution in [1.82, 2.24) is 0 Å². The Morgan fingerprint density at radius 3 is 2.33 bits per heavy atom. The predicted molar refractivity (Wildman–Crippen MR) is 75.9 cm³/mol. The van der Waals surface area contributed by atoms with Crippen molar-refractivity contribution < 1.29 is 0 Å². The van der Waals surface area contributed by atoms with Gasteiger partial charge >= 0.3 is 0 Å². The number of hydrogen-bond acceptors (Lipinski definition) is 2. The summed E-state index contributed by atoms with van der Waals surface area (Å²) in [5, 5.41) is 9.34. The van der Waals surface area contributed by atoms with Crippen molar-refractivity contribution in [2.75, 3.05) is 18.0 Å². The SMILES string of the molecule is CC(C)(C)c1ccc(N2CCCCC2)cc1C#N. The first-order valence-electron chi connectivity index (χ1n) is 6.82. The Hall–Kier alpha value is -1.49. The van der Waals surface area contributed by atoms with Gasteiger partial charge in [0.25, 0.3) is 0 Å². The van der Waals surface area contributed by atoms with Crippen molar-refractivity contribution in [3.63, 3.8) is 0 Å². The molecule has 2 nitrogen and oxygen atoms in total. The third-order valence-corrected chi connectivity index (χ3v) is 3.65. The highest BCUT2D eigenvalue weighted by Gasteiger charge is 2.19. The fourth-order valence-corrected chi connectivity index (χ4v) is 2.63. The minimum atomic E-state index is 0.0332. The monoisotopic (exact) mass is 242 g/mol. The molecule has 1 saturated heterocycles. The van der Waals surface area contributed by atoms with Crippen LogP contribution in [0.3, 0.4) is 0 Å². The van der Waals surface area contributed by atoms with Gasteiger partial charge in [-0.05, 0) is 42.4 Å². The normalized spacial score (nSPS) is 16.4. The van der Waals surface area contributed by atoms with Gasteiger partial charge in [-0.15, -0.1) is 0 Å². The summed E-state index contributed by atoms with van der Waals surface area (Å²) in [6.45, 7) is 8.72. The number of anilines is 1. The van der Waals surface area contributed by atoms with Crippen LogP contribution in [0.4, 0.5) is 5.69 Å². The molecule has 1 aliphatic heterocycles. The molecule has 96 valence electrons. The van der Waals surface area contributed by atoms with Crippen molar-refractivity contribution in [3.8, 4) is 6.07 Å². The summed E-state index contributed by atoms with van der Waals surface area (Å²) in [5.74, 6) is 0. The zero-order valence-corrected chi connectivity index (χ0v) is 11.7. The Kier molecular flexibility index (Phi) is 3.61. The first-order chi connectivity index (χ1) is 8.52. The van der Waals surface area contributed by atoms with E-state index in [4.69, 9.17) is 0 Å². The summed E-state index contributed by atoms with van der Waals surface area (Å²) in [5.41, 5.74) is 3.21. The van der Waals surface area contributed by atoms with Crippen LogP contribution in [0.1, 0.15) is 51.2 Å². The largest absolute Gasteiger partial charge is 0.372 e. The molecule has 0 amide bonds. The molecular formula is C16H22N2. The number of nitriles is 1. The van der Waals surface area contributed by atoms with Crippen LogP contribution >= 0.6 is 0 Å². The van der Waals surface area contributed by atoms with E-state index in [2.05, 4.69) is 49.9 Å². The van der Waals surface area contributed by atoms with E-state index in [0.29, 0.717) is 0 Å². The number of piperidine rings is 1. The topological polar surface area (TPSA) is 27.0 Å². The maximum Gasteiger partial charge on any atom is 0.0995 e. The zero-order valence-electron chi connectivity index (χ0n) is 11.7. The molecule has 0 aromatic heterocycles. The van der Waals surface area contributed by atoms with Crippen molar-refractivity contribution in [1.29, 1.82) is 5.26 Å². The van der Waals surface area contributed by atoms with Gasteiger partial charge < -0.3 is 4.90 Å². The lowest BCUT2D eigenvalue weighted by atomic mass is 9.84. The fraction of sp³-hybridized carbons (Fsp3) is 0.562. The Morgan fingerprint density at radius 2 is 1.78 bits per heavy atom. The van der Waals surface area contributed by atoms with E-state index in [1.54, 1.807) is 0 Å². The van der Waals surface area contributed by atoms with Gasteiger partial charge in [-0.25, -0.2) is 0 Å². The maximum absolute atomic E-state index is 9.34. The molecule has 0 aliphatic carbocycles. The second-order valence-electron chi connectivity index (χ2n) is 6.14. The minimum Gasteiger partial charge on any atom is -0.372 e. The van der Waals surface area contributed by atoms with Gasteiger partial charge in [0, 0.05) is 18.8 Å². The number of nitrogens with zero attached hydrogens (tertiary/aromatic N) is 2. The Bertz CT molecular complexity index is 457. The van der Waals surface area contributed by atoms with Crippen LogP contribution in [0.25, 0.3) is 0 Å². The molecule has 2 rings (SSSR count). The molecule has 1 heterocycles. The summed E-state index contributed by atoms with van der Waals surface area (Å²) in [7, 11) is 0. The molecule has 0 saturated carbocycles. The van der Waals surface area contributed by atoms with Crippen LogP contribution in [0.2, 0.25) is 0 Å². The molecule has 2 heteroatoms. The Labute approximate surface area is 110 Å². The van der Waals surface area contributed by atoms with Gasteiger partial charge in [0.15, 0.2) is 0 Å². The second-order valence-corrected chi connectivity index (χ2v) is 6.14. The third kappa shape index (κ3) is 2.67. The van der Waals surface area contributed by atoms with Crippen molar-refractivity contribution >= 4 is 5.69 Å². The van der Waals surface area contributed by atoms with Crippen LogP contribution in [0, 0.1) is 11.3 Å². The lowest BCUT2D eigenvalue weighted by Crippen LogP contribution is -2.29. The van der Waals surface area contributed by atoms with Crippen molar-refractivity contribution in [2.24, 2.45) is 0 Å². The van der Waals surface area contributed by atoms with Crippen LogP contribution in [0.15, 0.2) is 18.2 Å². The number of rotatable bonds is 1. The summed E-state index contributed by atoms with van der Waals surface area (Å²) in [4.78, 5) is 2.40.